The van der Waals surface area contributed by atoms with Crippen molar-refractivity contribution in [1.82, 2.24) is 14.5 Å². The molecule has 32 heavy (non-hydrogen) atoms. The van der Waals surface area contributed by atoms with E-state index in [2.05, 4.69) is 70.9 Å². The van der Waals surface area contributed by atoms with Gasteiger partial charge in [0.15, 0.2) is 0 Å². The summed E-state index contributed by atoms with van der Waals surface area (Å²) >= 11 is 0. The summed E-state index contributed by atoms with van der Waals surface area (Å²) in [4.78, 5) is 6.87. The zero-order valence-corrected chi connectivity index (χ0v) is 19.4. The maximum absolute atomic E-state index is 9.70. The lowest BCUT2D eigenvalue weighted by atomic mass is 9.87. The number of benzene rings is 2. The van der Waals surface area contributed by atoms with Crippen LogP contribution in [0.4, 0.5) is 0 Å². The molecule has 4 rings (SSSR count). The average molecular weight is 427 g/mol. The van der Waals surface area contributed by atoms with Crippen LogP contribution in [0.5, 0.6) is 0 Å². The fourth-order valence-corrected chi connectivity index (χ4v) is 4.96. The van der Waals surface area contributed by atoms with Crippen molar-refractivity contribution >= 4 is 0 Å². The van der Waals surface area contributed by atoms with E-state index in [1.54, 1.807) is 0 Å². The molecule has 0 bridgehead atoms. The molecule has 1 aliphatic rings. The lowest BCUT2D eigenvalue weighted by molar-refractivity contribution is 0.214. The molecule has 0 spiro atoms. The number of nitrogens with zero attached hydrogens (tertiary/aromatic N) is 4. The molecule has 1 aliphatic carbocycles. The van der Waals surface area contributed by atoms with Crippen LogP contribution in [0.25, 0.3) is 11.1 Å². The summed E-state index contributed by atoms with van der Waals surface area (Å²) in [5.41, 5.74) is 6.62. The van der Waals surface area contributed by atoms with Crippen molar-refractivity contribution in [2.24, 2.45) is 13.0 Å². The SMILES string of the molecule is Cc1ccccc1-c1cc(CN(CCC2CCCCC2)Cc2cncn2C)ccc1C#N. The maximum atomic E-state index is 9.70. The molecule has 0 amide bonds. The average Bonchev–Trinajstić information content (AvgIpc) is 3.22. The Morgan fingerprint density at radius 1 is 1.06 bits per heavy atom. The molecular weight excluding hydrogens is 392 g/mol. The van der Waals surface area contributed by atoms with E-state index in [9.17, 15) is 5.26 Å². The van der Waals surface area contributed by atoms with Crippen LogP contribution >= 0.6 is 0 Å². The Labute approximate surface area is 192 Å². The lowest BCUT2D eigenvalue weighted by Crippen LogP contribution is -2.27. The molecule has 0 unspecified atom stereocenters. The Bertz CT molecular complexity index is 1070. The van der Waals surface area contributed by atoms with Gasteiger partial charge in [-0.05, 0) is 54.6 Å². The summed E-state index contributed by atoms with van der Waals surface area (Å²) in [6, 6.07) is 17.0. The summed E-state index contributed by atoms with van der Waals surface area (Å²) in [6.45, 7) is 4.98. The van der Waals surface area contributed by atoms with Crippen LogP contribution in [-0.4, -0.2) is 21.0 Å². The van der Waals surface area contributed by atoms with E-state index in [4.69, 9.17) is 0 Å². The standard InChI is InChI=1S/C28H34N4/c1-22-8-6-7-11-27(22)28-16-24(12-13-25(28)17-29)19-32(20-26-18-30-21-31(26)2)15-14-23-9-4-3-5-10-23/h6-8,11-13,16,18,21,23H,3-5,9-10,14-15,19-20H2,1-2H3. The quantitative estimate of drug-likeness (QED) is 0.428. The Morgan fingerprint density at radius 2 is 1.88 bits per heavy atom. The maximum Gasteiger partial charge on any atom is 0.0998 e. The van der Waals surface area contributed by atoms with Crippen molar-refractivity contribution in [3.63, 3.8) is 0 Å². The first kappa shape index (κ1) is 22.3. The van der Waals surface area contributed by atoms with Crippen molar-refractivity contribution in [1.29, 1.82) is 5.26 Å². The van der Waals surface area contributed by atoms with Gasteiger partial charge in [-0.1, -0.05) is 62.4 Å². The number of nitriles is 1. The number of rotatable bonds is 8. The first-order valence-corrected chi connectivity index (χ1v) is 11.9. The summed E-state index contributed by atoms with van der Waals surface area (Å²) in [7, 11) is 2.07. The minimum atomic E-state index is 0.739. The van der Waals surface area contributed by atoms with Gasteiger partial charge in [0.2, 0.25) is 0 Å². The highest BCUT2D eigenvalue weighted by molar-refractivity contribution is 5.73. The van der Waals surface area contributed by atoms with Gasteiger partial charge in [-0.25, -0.2) is 4.98 Å². The van der Waals surface area contributed by atoms with E-state index in [1.807, 2.05) is 18.6 Å². The molecule has 4 nitrogen and oxygen atoms in total. The highest BCUT2D eigenvalue weighted by atomic mass is 15.1. The largest absolute Gasteiger partial charge is 0.337 e. The van der Waals surface area contributed by atoms with Crippen molar-refractivity contribution < 1.29 is 0 Å². The van der Waals surface area contributed by atoms with Crippen LogP contribution in [0.3, 0.4) is 0 Å². The summed E-state index contributed by atoms with van der Waals surface area (Å²) in [5.74, 6) is 0.862. The molecule has 1 saturated carbocycles. The summed E-state index contributed by atoms with van der Waals surface area (Å²) in [6.07, 6.45) is 12.1. The molecular formula is C28H34N4. The molecule has 4 heteroatoms. The van der Waals surface area contributed by atoms with Crippen LogP contribution in [0.15, 0.2) is 55.0 Å². The second-order valence-corrected chi connectivity index (χ2v) is 9.31. The zero-order chi connectivity index (χ0) is 22.3. The van der Waals surface area contributed by atoms with Gasteiger partial charge in [-0.3, -0.25) is 4.90 Å². The molecule has 0 N–H and O–H groups in total. The minimum absolute atomic E-state index is 0.739. The van der Waals surface area contributed by atoms with Gasteiger partial charge in [0, 0.05) is 31.9 Å². The van der Waals surface area contributed by atoms with Gasteiger partial charge in [0.25, 0.3) is 0 Å². The zero-order valence-electron chi connectivity index (χ0n) is 19.4. The second kappa shape index (κ2) is 10.6. The predicted molar refractivity (Wildman–Crippen MR) is 130 cm³/mol. The number of hydrogen-bond donors (Lipinski definition) is 0. The lowest BCUT2D eigenvalue weighted by Gasteiger charge is -2.27. The third kappa shape index (κ3) is 5.47. The van der Waals surface area contributed by atoms with Gasteiger partial charge in [-0.2, -0.15) is 5.26 Å². The fraction of sp³-hybridized carbons (Fsp3) is 0.429. The van der Waals surface area contributed by atoms with Crippen LogP contribution < -0.4 is 0 Å². The van der Waals surface area contributed by atoms with Gasteiger partial charge in [0.05, 0.1) is 23.7 Å². The van der Waals surface area contributed by atoms with Crippen LogP contribution in [-0.2, 0) is 20.1 Å². The van der Waals surface area contributed by atoms with Gasteiger partial charge in [-0.15, -0.1) is 0 Å². The Kier molecular flexibility index (Phi) is 7.39. The summed E-state index contributed by atoms with van der Waals surface area (Å²) in [5, 5.41) is 9.70. The molecule has 1 aromatic heterocycles. The van der Waals surface area contributed by atoms with E-state index in [0.717, 1.165) is 42.2 Å². The monoisotopic (exact) mass is 426 g/mol. The molecule has 2 aromatic carbocycles. The third-order valence-corrected chi connectivity index (χ3v) is 6.93. The number of aromatic nitrogens is 2. The molecule has 1 heterocycles. The van der Waals surface area contributed by atoms with Gasteiger partial charge >= 0.3 is 0 Å². The first-order valence-electron chi connectivity index (χ1n) is 11.9. The molecule has 0 saturated heterocycles. The van der Waals surface area contributed by atoms with Crippen LogP contribution in [0.2, 0.25) is 0 Å². The molecule has 166 valence electrons. The van der Waals surface area contributed by atoms with Gasteiger partial charge < -0.3 is 4.57 Å². The van der Waals surface area contributed by atoms with Gasteiger partial charge in [0.1, 0.15) is 0 Å². The second-order valence-electron chi connectivity index (χ2n) is 9.31. The first-order chi connectivity index (χ1) is 15.6. The molecule has 0 radical (unpaired) electrons. The fourth-order valence-electron chi connectivity index (χ4n) is 4.96. The molecule has 3 aromatic rings. The predicted octanol–water partition coefficient (Wildman–Crippen LogP) is 6.24. The normalized spacial score (nSPS) is 14.6. The van der Waals surface area contributed by atoms with E-state index in [1.165, 1.54) is 55.3 Å². The topological polar surface area (TPSA) is 44.9 Å². The Hall–Kier alpha value is -2.90. The number of imidazole rings is 1. The highest BCUT2D eigenvalue weighted by Gasteiger charge is 2.17. The third-order valence-electron chi connectivity index (χ3n) is 6.93. The van der Waals surface area contributed by atoms with Crippen molar-refractivity contribution in [3.05, 3.63) is 77.4 Å². The van der Waals surface area contributed by atoms with Crippen LogP contribution in [0.1, 0.15) is 60.9 Å². The van der Waals surface area contributed by atoms with E-state index >= 15 is 0 Å². The molecule has 0 aliphatic heterocycles. The summed E-state index contributed by atoms with van der Waals surface area (Å²) < 4.78 is 2.12. The molecule has 1 fully saturated rings. The Balaban J connectivity index is 1.56. The van der Waals surface area contributed by atoms with E-state index < -0.39 is 0 Å². The minimum Gasteiger partial charge on any atom is -0.337 e. The van der Waals surface area contributed by atoms with Crippen molar-refractivity contribution in [3.8, 4) is 17.2 Å². The molecule has 0 atom stereocenters. The van der Waals surface area contributed by atoms with E-state index in [0.29, 0.717) is 0 Å². The Morgan fingerprint density at radius 3 is 2.59 bits per heavy atom. The van der Waals surface area contributed by atoms with E-state index in [-0.39, 0.29) is 0 Å². The number of hydrogen-bond acceptors (Lipinski definition) is 3. The smallest absolute Gasteiger partial charge is 0.0998 e. The number of aryl methyl sites for hydroxylation is 2. The van der Waals surface area contributed by atoms with Crippen molar-refractivity contribution in [2.45, 2.75) is 58.5 Å². The van der Waals surface area contributed by atoms with Crippen molar-refractivity contribution in [2.75, 3.05) is 6.54 Å². The highest BCUT2D eigenvalue weighted by Crippen LogP contribution is 2.29. The van der Waals surface area contributed by atoms with Crippen LogP contribution in [0, 0.1) is 24.2 Å².